The van der Waals surface area contributed by atoms with Crippen molar-refractivity contribution in [3.63, 3.8) is 0 Å². The highest BCUT2D eigenvalue weighted by atomic mass is 32.2. The van der Waals surface area contributed by atoms with Crippen LogP contribution in [-0.2, 0) is 14.8 Å². The van der Waals surface area contributed by atoms with Crippen molar-refractivity contribution in [1.29, 1.82) is 0 Å². The fourth-order valence-corrected chi connectivity index (χ4v) is 6.05. The molecule has 2 aliphatic rings. The zero-order valence-corrected chi connectivity index (χ0v) is 18.7. The Kier molecular flexibility index (Phi) is 6.48. The van der Waals surface area contributed by atoms with E-state index in [1.54, 1.807) is 7.11 Å². The molecule has 0 radical (unpaired) electrons. The lowest BCUT2D eigenvalue weighted by molar-refractivity contribution is -0.137. The molecular weight excluding hydrogens is 438 g/mol. The molecule has 2 aliphatic heterocycles. The first kappa shape index (κ1) is 22.7. The van der Waals surface area contributed by atoms with Crippen LogP contribution in [-0.4, -0.2) is 50.3 Å². The number of hydrogen-bond acceptors (Lipinski definition) is 4. The average Bonchev–Trinajstić information content (AvgIpc) is 3.30. The number of hydrogen-bond donors (Lipinski definition) is 0. The lowest BCUT2D eigenvalue weighted by Gasteiger charge is -2.34. The second kappa shape index (κ2) is 9.15. The maximum atomic E-state index is 13.5. The summed E-state index contributed by atoms with van der Waals surface area (Å²) in [7, 11) is -2.33. The third-order valence-electron chi connectivity index (χ3n) is 6.37. The Morgan fingerprint density at radius 3 is 2.28 bits per heavy atom. The number of nitrogens with zero attached hydrogens (tertiary/aromatic N) is 2. The standard InChI is InChI=1S/C23H26F2N2O4S/c1-31-18-6-4-16(5-7-18)22-3-2-12-27(22)23(28)17-10-13-26(14-11-17)32(29,30)19-8-9-20(24)21(25)15-19/h4-9,15,17,22H,2-3,10-14H2,1H3. The van der Waals surface area contributed by atoms with Crippen LogP contribution in [0.1, 0.15) is 37.3 Å². The molecule has 2 aromatic carbocycles. The average molecular weight is 465 g/mol. The van der Waals surface area contributed by atoms with Crippen LogP contribution in [0.4, 0.5) is 8.78 Å². The van der Waals surface area contributed by atoms with Crippen LogP contribution in [0, 0.1) is 17.6 Å². The molecular formula is C23H26F2N2O4S. The van der Waals surface area contributed by atoms with Gasteiger partial charge in [0.15, 0.2) is 11.6 Å². The largest absolute Gasteiger partial charge is 0.497 e. The SMILES string of the molecule is COc1ccc(C2CCCN2C(=O)C2CCN(S(=O)(=O)c3ccc(F)c(F)c3)CC2)cc1. The maximum Gasteiger partial charge on any atom is 0.243 e. The molecule has 1 atom stereocenters. The van der Waals surface area contributed by atoms with Gasteiger partial charge in [0.2, 0.25) is 15.9 Å². The van der Waals surface area contributed by atoms with E-state index in [2.05, 4.69) is 0 Å². The van der Waals surface area contributed by atoms with E-state index in [1.165, 1.54) is 4.31 Å². The quantitative estimate of drug-likeness (QED) is 0.676. The summed E-state index contributed by atoms with van der Waals surface area (Å²) in [5, 5.41) is 0. The topological polar surface area (TPSA) is 66.9 Å². The first-order chi connectivity index (χ1) is 15.3. The molecule has 0 aromatic heterocycles. The second-order valence-corrected chi connectivity index (χ2v) is 10.2. The summed E-state index contributed by atoms with van der Waals surface area (Å²) in [4.78, 5) is 14.9. The Morgan fingerprint density at radius 1 is 0.969 bits per heavy atom. The minimum atomic E-state index is -3.94. The van der Waals surface area contributed by atoms with E-state index < -0.39 is 21.7 Å². The number of benzene rings is 2. The van der Waals surface area contributed by atoms with Gasteiger partial charge in [-0.1, -0.05) is 12.1 Å². The monoisotopic (exact) mass is 464 g/mol. The van der Waals surface area contributed by atoms with Gasteiger partial charge in [-0.05, 0) is 61.6 Å². The molecule has 0 bridgehead atoms. The van der Waals surface area contributed by atoms with E-state index in [0.717, 1.165) is 36.3 Å². The number of carbonyl (C=O) groups is 1. The van der Waals surface area contributed by atoms with Gasteiger partial charge in [0, 0.05) is 25.6 Å². The Balaban J connectivity index is 1.42. The van der Waals surface area contributed by atoms with Crippen molar-refractivity contribution in [3.05, 3.63) is 59.7 Å². The van der Waals surface area contributed by atoms with E-state index in [-0.39, 0.29) is 35.9 Å². The predicted molar refractivity (Wildman–Crippen MR) is 115 cm³/mol. The summed E-state index contributed by atoms with van der Waals surface area (Å²) in [5.41, 5.74) is 1.06. The number of halogens is 2. The molecule has 2 aromatic rings. The number of rotatable bonds is 5. The molecule has 0 aliphatic carbocycles. The van der Waals surface area contributed by atoms with Gasteiger partial charge in [0.25, 0.3) is 0 Å². The molecule has 1 unspecified atom stereocenters. The summed E-state index contributed by atoms with van der Waals surface area (Å²) in [6.07, 6.45) is 2.61. The van der Waals surface area contributed by atoms with Crippen molar-refractivity contribution in [1.82, 2.24) is 9.21 Å². The Hall–Kier alpha value is -2.52. The van der Waals surface area contributed by atoms with Gasteiger partial charge in [-0.25, -0.2) is 17.2 Å². The maximum absolute atomic E-state index is 13.5. The van der Waals surface area contributed by atoms with Crippen LogP contribution in [0.2, 0.25) is 0 Å². The summed E-state index contributed by atoms with van der Waals surface area (Å²) >= 11 is 0. The van der Waals surface area contributed by atoms with Crippen molar-refractivity contribution in [2.75, 3.05) is 26.7 Å². The molecule has 32 heavy (non-hydrogen) atoms. The van der Waals surface area contributed by atoms with Crippen molar-refractivity contribution in [2.45, 2.75) is 36.6 Å². The highest BCUT2D eigenvalue weighted by Gasteiger charge is 2.37. The van der Waals surface area contributed by atoms with E-state index >= 15 is 0 Å². The Bertz CT molecular complexity index is 1080. The van der Waals surface area contributed by atoms with Crippen molar-refractivity contribution >= 4 is 15.9 Å². The third-order valence-corrected chi connectivity index (χ3v) is 8.26. The summed E-state index contributed by atoms with van der Waals surface area (Å²) in [5.74, 6) is -1.74. The van der Waals surface area contributed by atoms with Gasteiger partial charge in [-0.2, -0.15) is 4.31 Å². The molecule has 6 nitrogen and oxygen atoms in total. The molecule has 0 saturated carbocycles. The van der Waals surface area contributed by atoms with Crippen molar-refractivity contribution in [2.24, 2.45) is 5.92 Å². The summed E-state index contributed by atoms with van der Waals surface area (Å²) in [6, 6.07) is 10.3. The molecule has 4 rings (SSSR count). The number of ether oxygens (including phenoxy) is 1. The normalized spacial score (nSPS) is 20.5. The summed E-state index contributed by atoms with van der Waals surface area (Å²) in [6.45, 7) is 1.01. The van der Waals surface area contributed by atoms with Gasteiger partial charge in [0.1, 0.15) is 5.75 Å². The van der Waals surface area contributed by atoms with Crippen LogP contribution >= 0.6 is 0 Å². The van der Waals surface area contributed by atoms with Crippen LogP contribution in [0.5, 0.6) is 5.75 Å². The van der Waals surface area contributed by atoms with Gasteiger partial charge in [0.05, 0.1) is 18.0 Å². The van der Waals surface area contributed by atoms with Gasteiger partial charge in [-0.15, -0.1) is 0 Å². The van der Waals surface area contributed by atoms with Gasteiger partial charge >= 0.3 is 0 Å². The minimum absolute atomic E-state index is 0.0114. The molecule has 2 fully saturated rings. The number of methoxy groups -OCH3 is 1. The van der Waals surface area contributed by atoms with E-state index in [1.807, 2.05) is 29.2 Å². The third kappa shape index (κ3) is 4.36. The van der Waals surface area contributed by atoms with Crippen LogP contribution < -0.4 is 4.74 Å². The number of carbonyl (C=O) groups excluding carboxylic acids is 1. The molecule has 2 heterocycles. The van der Waals surface area contributed by atoms with E-state index in [9.17, 15) is 22.0 Å². The number of piperidine rings is 1. The zero-order chi connectivity index (χ0) is 22.9. The van der Waals surface area contributed by atoms with Crippen molar-refractivity contribution in [3.8, 4) is 5.75 Å². The smallest absolute Gasteiger partial charge is 0.243 e. The number of amides is 1. The molecule has 9 heteroatoms. The number of likely N-dealkylation sites (tertiary alicyclic amines) is 1. The summed E-state index contributed by atoms with van der Waals surface area (Å²) < 4.78 is 58.8. The lowest BCUT2D eigenvalue weighted by atomic mass is 9.95. The van der Waals surface area contributed by atoms with Gasteiger partial charge in [-0.3, -0.25) is 4.79 Å². The molecule has 0 N–H and O–H groups in total. The van der Waals surface area contributed by atoms with Crippen LogP contribution in [0.3, 0.4) is 0 Å². The van der Waals surface area contributed by atoms with E-state index in [0.29, 0.717) is 25.5 Å². The lowest BCUT2D eigenvalue weighted by Crippen LogP contribution is -2.44. The molecule has 172 valence electrons. The first-order valence-corrected chi connectivity index (χ1v) is 12.1. The fourth-order valence-electron chi connectivity index (χ4n) is 4.57. The van der Waals surface area contributed by atoms with Crippen LogP contribution in [0.15, 0.2) is 47.4 Å². The van der Waals surface area contributed by atoms with Crippen LogP contribution in [0.25, 0.3) is 0 Å². The molecule has 1 amide bonds. The number of sulfonamides is 1. The van der Waals surface area contributed by atoms with Crippen molar-refractivity contribution < 1.29 is 26.7 Å². The molecule has 0 spiro atoms. The highest BCUT2D eigenvalue weighted by molar-refractivity contribution is 7.89. The fraction of sp³-hybridized carbons (Fsp3) is 0.435. The minimum Gasteiger partial charge on any atom is -0.497 e. The van der Waals surface area contributed by atoms with Gasteiger partial charge < -0.3 is 9.64 Å². The molecule has 2 saturated heterocycles. The predicted octanol–water partition coefficient (Wildman–Crippen LogP) is 3.74. The highest BCUT2D eigenvalue weighted by Crippen LogP contribution is 2.35. The zero-order valence-electron chi connectivity index (χ0n) is 17.8. The Morgan fingerprint density at radius 2 is 1.66 bits per heavy atom. The van der Waals surface area contributed by atoms with E-state index in [4.69, 9.17) is 4.74 Å². The first-order valence-electron chi connectivity index (χ1n) is 10.7. The Labute approximate surface area is 186 Å². The second-order valence-electron chi connectivity index (χ2n) is 8.22.